The highest BCUT2D eigenvalue weighted by atomic mass is 16.7. The summed E-state index contributed by atoms with van der Waals surface area (Å²) in [6, 6.07) is 8.43. The van der Waals surface area contributed by atoms with Gasteiger partial charge in [-0.25, -0.2) is 0 Å². The van der Waals surface area contributed by atoms with E-state index in [-0.39, 0.29) is 28.4 Å². The van der Waals surface area contributed by atoms with E-state index in [9.17, 15) is 14.7 Å². The minimum absolute atomic E-state index is 0.102. The minimum Gasteiger partial charge on any atom is -0.507 e. The van der Waals surface area contributed by atoms with Crippen molar-refractivity contribution in [3.8, 4) is 5.75 Å². The SMILES string of the molecule is Cc1cc2c(c(O)c1CCC1(C)OCCO1)C(=O)c1ccccc1C2=O. The molecule has 4 rings (SSSR count). The number of ketones is 2. The molecule has 0 saturated carbocycles. The number of fused-ring (bicyclic) bond motifs is 2. The monoisotopic (exact) mass is 352 g/mol. The van der Waals surface area contributed by atoms with Crippen LogP contribution >= 0.6 is 0 Å². The van der Waals surface area contributed by atoms with Crippen molar-refractivity contribution < 1.29 is 24.2 Å². The molecule has 0 unspecified atom stereocenters. The van der Waals surface area contributed by atoms with Crippen molar-refractivity contribution in [3.05, 3.63) is 63.7 Å². The quantitative estimate of drug-likeness (QED) is 0.784. The van der Waals surface area contributed by atoms with E-state index in [4.69, 9.17) is 9.47 Å². The number of phenols is 1. The topological polar surface area (TPSA) is 72.8 Å². The summed E-state index contributed by atoms with van der Waals surface area (Å²) in [5.41, 5.74) is 2.54. The van der Waals surface area contributed by atoms with Crippen LogP contribution in [-0.4, -0.2) is 35.7 Å². The van der Waals surface area contributed by atoms with Crippen molar-refractivity contribution >= 4 is 11.6 Å². The molecule has 2 aliphatic rings. The lowest BCUT2D eigenvalue weighted by Gasteiger charge is -2.24. The molecule has 0 amide bonds. The number of ether oxygens (including phenoxy) is 2. The van der Waals surface area contributed by atoms with Crippen LogP contribution in [0.15, 0.2) is 30.3 Å². The van der Waals surface area contributed by atoms with Gasteiger partial charge in [0.25, 0.3) is 0 Å². The number of aromatic hydroxyl groups is 1. The summed E-state index contributed by atoms with van der Waals surface area (Å²) in [7, 11) is 0. The van der Waals surface area contributed by atoms with E-state index < -0.39 is 5.79 Å². The predicted octanol–water partition coefficient (Wildman–Crippen LogP) is 3.17. The van der Waals surface area contributed by atoms with Crippen LogP contribution in [0.4, 0.5) is 0 Å². The molecule has 134 valence electrons. The van der Waals surface area contributed by atoms with E-state index in [0.29, 0.717) is 42.7 Å². The highest BCUT2D eigenvalue weighted by Gasteiger charge is 2.35. The molecule has 1 N–H and O–H groups in total. The molecule has 26 heavy (non-hydrogen) atoms. The summed E-state index contributed by atoms with van der Waals surface area (Å²) in [5, 5.41) is 10.8. The zero-order valence-corrected chi connectivity index (χ0v) is 14.8. The van der Waals surface area contributed by atoms with Gasteiger partial charge in [-0.2, -0.15) is 0 Å². The van der Waals surface area contributed by atoms with E-state index >= 15 is 0 Å². The Balaban J connectivity index is 1.76. The molecule has 0 bridgehead atoms. The molecule has 2 aromatic carbocycles. The summed E-state index contributed by atoms with van der Waals surface area (Å²) in [5.74, 6) is -1.32. The first-order valence-electron chi connectivity index (χ1n) is 8.73. The molecular formula is C21H20O5. The highest BCUT2D eigenvalue weighted by Crippen LogP contribution is 2.38. The van der Waals surface area contributed by atoms with E-state index in [2.05, 4.69) is 0 Å². The number of phenolic OH excluding ortho intramolecular Hbond substituents is 1. The molecule has 0 spiro atoms. The van der Waals surface area contributed by atoms with E-state index in [1.807, 2.05) is 13.8 Å². The molecule has 1 aliphatic carbocycles. The van der Waals surface area contributed by atoms with Crippen molar-refractivity contribution in [1.29, 1.82) is 0 Å². The molecule has 1 fully saturated rings. The van der Waals surface area contributed by atoms with Gasteiger partial charge in [-0.3, -0.25) is 9.59 Å². The maximum atomic E-state index is 12.9. The second-order valence-corrected chi connectivity index (χ2v) is 6.98. The predicted molar refractivity (Wildman–Crippen MR) is 94.8 cm³/mol. The maximum Gasteiger partial charge on any atom is 0.198 e. The molecule has 1 heterocycles. The summed E-state index contributed by atoms with van der Waals surface area (Å²) >= 11 is 0. The fourth-order valence-corrected chi connectivity index (χ4v) is 3.78. The fraction of sp³-hybridized carbons (Fsp3) is 0.333. The molecule has 0 atom stereocenters. The Bertz CT molecular complexity index is 922. The van der Waals surface area contributed by atoms with E-state index in [1.54, 1.807) is 30.3 Å². The van der Waals surface area contributed by atoms with E-state index in [0.717, 1.165) is 5.56 Å². The number of carbonyl (C=O) groups excluding carboxylic acids is 2. The summed E-state index contributed by atoms with van der Waals surface area (Å²) in [6.45, 7) is 4.81. The van der Waals surface area contributed by atoms with Crippen LogP contribution in [0.3, 0.4) is 0 Å². The third-order valence-electron chi connectivity index (χ3n) is 5.24. The standard InChI is InChI=1S/C21H20O5/c1-12-11-16-17(20(24)15-6-4-3-5-14(15)18(16)22)19(23)13(12)7-8-21(2)25-9-10-26-21/h3-6,11,23H,7-10H2,1-2H3. The van der Waals surface area contributed by atoms with Gasteiger partial charge in [-0.1, -0.05) is 24.3 Å². The molecule has 1 aliphatic heterocycles. The number of benzene rings is 2. The molecule has 5 nitrogen and oxygen atoms in total. The zero-order valence-electron chi connectivity index (χ0n) is 14.8. The van der Waals surface area contributed by atoms with E-state index in [1.165, 1.54) is 0 Å². The Labute approximate surface area is 151 Å². The lowest BCUT2D eigenvalue weighted by atomic mass is 9.81. The largest absolute Gasteiger partial charge is 0.507 e. The van der Waals surface area contributed by atoms with Gasteiger partial charge in [0.2, 0.25) is 0 Å². The van der Waals surface area contributed by atoms with Gasteiger partial charge in [-0.05, 0) is 37.5 Å². The van der Waals surface area contributed by atoms with Crippen LogP contribution < -0.4 is 0 Å². The number of hydrogen-bond donors (Lipinski definition) is 1. The number of carbonyl (C=O) groups is 2. The van der Waals surface area contributed by atoms with Crippen LogP contribution in [-0.2, 0) is 15.9 Å². The summed E-state index contributed by atoms with van der Waals surface area (Å²) < 4.78 is 11.2. The normalized spacial score (nSPS) is 17.9. The van der Waals surface area contributed by atoms with Gasteiger partial charge >= 0.3 is 0 Å². The van der Waals surface area contributed by atoms with Gasteiger partial charge in [-0.15, -0.1) is 0 Å². The second kappa shape index (κ2) is 6.04. The lowest BCUT2D eigenvalue weighted by Crippen LogP contribution is -2.26. The maximum absolute atomic E-state index is 12.9. The molecule has 1 saturated heterocycles. The number of aryl methyl sites for hydroxylation is 1. The third-order valence-corrected chi connectivity index (χ3v) is 5.24. The van der Waals surface area contributed by atoms with Crippen molar-refractivity contribution in [1.82, 2.24) is 0 Å². The Morgan fingerprint density at radius 3 is 2.31 bits per heavy atom. The first-order chi connectivity index (χ1) is 12.4. The Morgan fingerprint density at radius 1 is 1.04 bits per heavy atom. The van der Waals surface area contributed by atoms with Crippen molar-refractivity contribution in [3.63, 3.8) is 0 Å². The lowest BCUT2D eigenvalue weighted by molar-refractivity contribution is -0.146. The highest BCUT2D eigenvalue weighted by molar-refractivity contribution is 6.29. The van der Waals surface area contributed by atoms with Gasteiger partial charge in [0, 0.05) is 23.1 Å². The fourth-order valence-electron chi connectivity index (χ4n) is 3.78. The van der Waals surface area contributed by atoms with Crippen LogP contribution in [0.1, 0.15) is 56.3 Å². The average Bonchev–Trinajstić information content (AvgIpc) is 3.06. The minimum atomic E-state index is -0.679. The summed E-state index contributed by atoms with van der Waals surface area (Å²) in [6.07, 6.45) is 1.05. The van der Waals surface area contributed by atoms with Crippen LogP contribution in [0.5, 0.6) is 5.75 Å². The van der Waals surface area contributed by atoms with Gasteiger partial charge in [0.15, 0.2) is 17.4 Å². The first-order valence-corrected chi connectivity index (χ1v) is 8.73. The van der Waals surface area contributed by atoms with Crippen LogP contribution in [0, 0.1) is 6.92 Å². The first kappa shape index (κ1) is 16.9. The number of hydrogen-bond acceptors (Lipinski definition) is 5. The van der Waals surface area contributed by atoms with Crippen molar-refractivity contribution in [2.24, 2.45) is 0 Å². The van der Waals surface area contributed by atoms with Gasteiger partial charge in [0.1, 0.15) is 5.75 Å². The van der Waals surface area contributed by atoms with Gasteiger partial charge < -0.3 is 14.6 Å². The van der Waals surface area contributed by atoms with Gasteiger partial charge in [0.05, 0.1) is 18.8 Å². The molecule has 5 heteroatoms. The Morgan fingerprint density at radius 2 is 1.65 bits per heavy atom. The molecular weight excluding hydrogens is 332 g/mol. The zero-order chi connectivity index (χ0) is 18.5. The second-order valence-electron chi connectivity index (χ2n) is 6.98. The smallest absolute Gasteiger partial charge is 0.198 e. The van der Waals surface area contributed by atoms with Crippen LogP contribution in [0.25, 0.3) is 0 Å². The van der Waals surface area contributed by atoms with Crippen molar-refractivity contribution in [2.45, 2.75) is 32.5 Å². The third kappa shape index (κ3) is 2.55. The van der Waals surface area contributed by atoms with Crippen molar-refractivity contribution in [2.75, 3.05) is 13.2 Å². The average molecular weight is 352 g/mol. The summed E-state index contributed by atoms with van der Waals surface area (Å²) in [4.78, 5) is 25.7. The molecule has 2 aromatic rings. The number of rotatable bonds is 3. The Hall–Kier alpha value is -2.50. The van der Waals surface area contributed by atoms with Crippen LogP contribution in [0.2, 0.25) is 0 Å². The molecule has 0 aromatic heterocycles. The Kier molecular flexibility index (Phi) is 3.93. The molecule has 0 radical (unpaired) electrons.